The Kier molecular flexibility index (Phi) is 2.22. The molecule has 0 saturated carbocycles. The first-order valence-corrected chi connectivity index (χ1v) is 5.31. The van der Waals surface area contributed by atoms with E-state index >= 15 is 0 Å². The van der Waals surface area contributed by atoms with Gasteiger partial charge in [-0.3, -0.25) is 5.10 Å². The molecule has 5 heteroatoms. The molecule has 1 aromatic carbocycles. The number of nitrogens with one attached hydrogen (secondary N) is 2. The lowest BCUT2D eigenvalue weighted by Gasteiger charge is -2.06. The molecule has 0 spiro atoms. The average molecular weight is 225 g/mol. The van der Waals surface area contributed by atoms with Crippen LogP contribution in [0.15, 0.2) is 36.8 Å². The minimum atomic E-state index is 0.732. The van der Waals surface area contributed by atoms with Gasteiger partial charge >= 0.3 is 0 Å². The van der Waals surface area contributed by atoms with E-state index in [9.17, 15) is 0 Å². The quantitative estimate of drug-likeness (QED) is 0.702. The monoisotopic (exact) mass is 225 g/mol. The van der Waals surface area contributed by atoms with E-state index in [1.807, 2.05) is 12.1 Å². The van der Waals surface area contributed by atoms with Gasteiger partial charge < -0.3 is 5.32 Å². The first kappa shape index (κ1) is 9.77. The highest BCUT2D eigenvalue weighted by Gasteiger charge is 2.05. The number of aryl methyl sites for hydroxylation is 1. The Bertz CT molecular complexity index is 659. The van der Waals surface area contributed by atoms with Crippen LogP contribution in [0.5, 0.6) is 0 Å². The molecule has 0 saturated heterocycles. The normalized spacial score (nSPS) is 10.6. The molecule has 2 heterocycles. The zero-order valence-electron chi connectivity index (χ0n) is 9.31. The number of nitrogens with zero attached hydrogens (tertiary/aromatic N) is 3. The summed E-state index contributed by atoms with van der Waals surface area (Å²) in [6.07, 6.45) is 3.23. The van der Waals surface area contributed by atoms with Gasteiger partial charge in [-0.2, -0.15) is 5.10 Å². The van der Waals surface area contributed by atoms with Gasteiger partial charge in [0.2, 0.25) is 0 Å². The molecule has 0 aliphatic carbocycles. The van der Waals surface area contributed by atoms with Crippen LogP contribution in [0.3, 0.4) is 0 Å². The standard InChI is InChI=1S/C12H11N5/c1-8-3-2-4-9(5-8)16-11-10-6-15-17-12(10)14-7-13-11/h2-7H,1H3,(H2,13,14,15,16,17). The summed E-state index contributed by atoms with van der Waals surface area (Å²) in [5.41, 5.74) is 2.94. The molecule has 0 fully saturated rings. The predicted molar refractivity (Wildman–Crippen MR) is 66.1 cm³/mol. The van der Waals surface area contributed by atoms with Crippen molar-refractivity contribution in [1.29, 1.82) is 0 Å². The molecule has 0 unspecified atom stereocenters. The smallest absolute Gasteiger partial charge is 0.160 e. The molecule has 0 amide bonds. The first-order valence-electron chi connectivity index (χ1n) is 5.31. The van der Waals surface area contributed by atoms with Gasteiger partial charge in [-0.15, -0.1) is 0 Å². The number of hydrogen-bond acceptors (Lipinski definition) is 4. The number of aromatic amines is 1. The van der Waals surface area contributed by atoms with Crippen LogP contribution in [-0.4, -0.2) is 20.2 Å². The number of benzene rings is 1. The molecule has 2 aromatic heterocycles. The van der Waals surface area contributed by atoms with Crippen molar-refractivity contribution in [3.8, 4) is 0 Å². The van der Waals surface area contributed by atoms with Crippen molar-refractivity contribution in [1.82, 2.24) is 20.2 Å². The van der Waals surface area contributed by atoms with Crippen molar-refractivity contribution in [2.45, 2.75) is 6.92 Å². The molecular formula is C12H11N5. The predicted octanol–water partition coefficient (Wildman–Crippen LogP) is 2.40. The van der Waals surface area contributed by atoms with E-state index in [0.29, 0.717) is 0 Å². The molecular weight excluding hydrogens is 214 g/mol. The van der Waals surface area contributed by atoms with Crippen LogP contribution >= 0.6 is 0 Å². The van der Waals surface area contributed by atoms with E-state index in [-0.39, 0.29) is 0 Å². The molecule has 2 N–H and O–H groups in total. The Labute approximate surface area is 97.9 Å². The number of aromatic nitrogens is 4. The molecule has 0 atom stereocenters. The highest BCUT2D eigenvalue weighted by Crippen LogP contribution is 2.21. The van der Waals surface area contributed by atoms with Gasteiger partial charge in [0.1, 0.15) is 12.1 Å². The van der Waals surface area contributed by atoms with Gasteiger partial charge in [0.15, 0.2) is 5.65 Å². The van der Waals surface area contributed by atoms with Gasteiger partial charge in [-0.25, -0.2) is 9.97 Å². The Hall–Kier alpha value is -2.43. The van der Waals surface area contributed by atoms with E-state index in [0.717, 1.165) is 22.5 Å². The third-order valence-corrected chi connectivity index (χ3v) is 2.53. The van der Waals surface area contributed by atoms with Crippen LogP contribution in [0.4, 0.5) is 11.5 Å². The second kappa shape index (κ2) is 3.86. The minimum Gasteiger partial charge on any atom is -0.340 e. The van der Waals surface area contributed by atoms with Crippen molar-refractivity contribution in [3.63, 3.8) is 0 Å². The highest BCUT2D eigenvalue weighted by atomic mass is 15.2. The molecule has 84 valence electrons. The van der Waals surface area contributed by atoms with E-state index in [4.69, 9.17) is 0 Å². The van der Waals surface area contributed by atoms with Gasteiger partial charge in [0, 0.05) is 5.69 Å². The lowest BCUT2D eigenvalue weighted by atomic mass is 10.2. The van der Waals surface area contributed by atoms with Gasteiger partial charge in [-0.1, -0.05) is 12.1 Å². The van der Waals surface area contributed by atoms with Crippen LogP contribution in [-0.2, 0) is 0 Å². The first-order chi connectivity index (χ1) is 8.33. The fourth-order valence-corrected chi connectivity index (χ4v) is 1.72. The largest absolute Gasteiger partial charge is 0.340 e. The van der Waals surface area contributed by atoms with Crippen LogP contribution in [0.1, 0.15) is 5.56 Å². The summed E-state index contributed by atoms with van der Waals surface area (Å²) in [5, 5.41) is 10.9. The molecule has 3 aromatic rings. The van der Waals surface area contributed by atoms with Crippen LogP contribution < -0.4 is 5.32 Å². The summed E-state index contributed by atoms with van der Waals surface area (Å²) in [4.78, 5) is 8.31. The van der Waals surface area contributed by atoms with Crippen molar-refractivity contribution < 1.29 is 0 Å². The van der Waals surface area contributed by atoms with Crippen molar-refractivity contribution in [2.24, 2.45) is 0 Å². The zero-order valence-corrected chi connectivity index (χ0v) is 9.31. The summed E-state index contributed by atoms with van der Waals surface area (Å²) in [5.74, 6) is 0.759. The average Bonchev–Trinajstić information content (AvgIpc) is 2.78. The topological polar surface area (TPSA) is 66.5 Å². The summed E-state index contributed by atoms with van der Waals surface area (Å²) in [7, 11) is 0. The fourth-order valence-electron chi connectivity index (χ4n) is 1.72. The Morgan fingerprint density at radius 3 is 3.06 bits per heavy atom. The van der Waals surface area contributed by atoms with Crippen LogP contribution in [0.2, 0.25) is 0 Å². The Morgan fingerprint density at radius 1 is 1.24 bits per heavy atom. The lowest BCUT2D eigenvalue weighted by Crippen LogP contribution is -1.95. The Morgan fingerprint density at radius 2 is 2.18 bits per heavy atom. The lowest BCUT2D eigenvalue weighted by molar-refractivity contribution is 1.09. The van der Waals surface area contributed by atoms with Gasteiger partial charge in [0.25, 0.3) is 0 Å². The van der Waals surface area contributed by atoms with E-state index in [1.165, 1.54) is 11.9 Å². The summed E-state index contributed by atoms with van der Waals surface area (Å²) < 4.78 is 0. The molecule has 17 heavy (non-hydrogen) atoms. The van der Waals surface area contributed by atoms with E-state index in [2.05, 4.69) is 44.5 Å². The highest BCUT2D eigenvalue weighted by molar-refractivity contribution is 5.87. The van der Waals surface area contributed by atoms with Crippen molar-refractivity contribution >= 4 is 22.5 Å². The number of H-pyrrole nitrogens is 1. The summed E-state index contributed by atoms with van der Waals surface area (Å²) in [6, 6.07) is 8.12. The number of rotatable bonds is 2. The summed E-state index contributed by atoms with van der Waals surface area (Å²) >= 11 is 0. The van der Waals surface area contributed by atoms with E-state index in [1.54, 1.807) is 6.20 Å². The van der Waals surface area contributed by atoms with E-state index < -0.39 is 0 Å². The molecule has 0 aliphatic rings. The molecule has 0 radical (unpaired) electrons. The van der Waals surface area contributed by atoms with Crippen LogP contribution in [0, 0.1) is 6.92 Å². The maximum atomic E-state index is 4.22. The number of hydrogen-bond donors (Lipinski definition) is 2. The molecule has 3 rings (SSSR count). The fraction of sp³-hybridized carbons (Fsp3) is 0.0833. The maximum absolute atomic E-state index is 4.22. The molecule has 0 aliphatic heterocycles. The molecule has 0 bridgehead atoms. The van der Waals surface area contributed by atoms with Gasteiger partial charge in [-0.05, 0) is 24.6 Å². The molecule has 5 nitrogen and oxygen atoms in total. The maximum Gasteiger partial charge on any atom is 0.160 e. The number of anilines is 2. The minimum absolute atomic E-state index is 0.732. The van der Waals surface area contributed by atoms with Gasteiger partial charge in [0.05, 0.1) is 11.6 Å². The SMILES string of the molecule is Cc1cccc(Nc2ncnc3[nH]ncc23)c1. The third kappa shape index (κ3) is 1.82. The second-order valence-electron chi connectivity index (χ2n) is 3.85. The van der Waals surface area contributed by atoms with Crippen molar-refractivity contribution in [2.75, 3.05) is 5.32 Å². The third-order valence-electron chi connectivity index (χ3n) is 2.53. The van der Waals surface area contributed by atoms with Crippen molar-refractivity contribution in [3.05, 3.63) is 42.4 Å². The second-order valence-corrected chi connectivity index (χ2v) is 3.85. The zero-order chi connectivity index (χ0) is 11.7. The van der Waals surface area contributed by atoms with Crippen LogP contribution in [0.25, 0.3) is 11.0 Å². The Balaban J connectivity index is 2.02. The summed E-state index contributed by atoms with van der Waals surface area (Å²) in [6.45, 7) is 2.05. The number of fused-ring (bicyclic) bond motifs is 1.